The van der Waals surface area contributed by atoms with Crippen molar-refractivity contribution in [1.82, 2.24) is 9.78 Å². The summed E-state index contributed by atoms with van der Waals surface area (Å²) in [5.74, 6) is 1.44. The highest BCUT2D eigenvalue weighted by atomic mass is 28.3. The number of ether oxygens (including phenoxy) is 1. The van der Waals surface area contributed by atoms with Gasteiger partial charge in [-0.1, -0.05) is 19.6 Å². The molecule has 1 aromatic heterocycles. The summed E-state index contributed by atoms with van der Waals surface area (Å²) in [5.41, 5.74) is 10.3. The van der Waals surface area contributed by atoms with E-state index in [2.05, 4.69) is 30.1 Å². The minimum atomic E-state index is -1.14. The average Bonchev–Trinajstić information content (AvgIpc) is 3.67. The number of nitrogens with zero attached hydrogens (tertiary/aromatic N) is 2. The first-order valence-corrected chi connectivity index (χ1v) is 16.3. The minimum absolute atomic E-state index is 0.109. The van der Waals surface area contributed by atoms with Gasteiger partial charge in [-0.15, -0.1) is 0 Å². The lowest BCUT2D eigenvalue weighted by Gasteiger charge is -2.23. The molecule has 0 unspecified atom stereocenters. The first-order chi connectivity index (χ1) is 16.0. The molecule has 2 aromatic rings. The van der Waals surface area contributed by atoms with Crippen molar-refractivity contribution >= 4 is 19.7 Å². The maximum Gasteiger partial charge on any atom is 0.241 e. The Balaban J connectivity index is 1.42. The van der Waals surface area contributed by atoms with Crippen LogP contribution in [0.1, 0.15) is 37.1 Å². The molecule has 186 valence electrons. The van der Waals surface area contributed by atoms with Crippen molar-refractivity contribution in [2.45, 2.75) is 78.0 Å². The molecule has 0 saturated heterocycles. The fourth-order valence-electron chi connectivity index (χ4n) is 4.90. The van der Waals surface area contributed by atoms with Crippen LogP contribution in [-0.2, 0) is 16.3 Å². The number of carbonyl (C=O) groups is 1. The van der Waals surface area contributed by atoms with Crippen LogP contribution in [0.3, 0.4) is 0 Å². The van der Waals surface area contributed by atoms with Gasteiger partial charge in [0.15, 0.2) is 0 Å². The highest BCUT2D eigenvalue weighted by Crippen LogP contribution is 2.50. The molecule has 0 aliphatic heterocycles. The van der Waals surface area contributed by atoms with Crippen LogP contribution in [0.25, 0.3) is 11.1 Å². The van der Waals surface area contributed by atoms with E-state index in [1.54, 1.807) is 6.07 Å². The molecular weight excluding hydrogens is 444 g/mol. The van der Waals surface area contributed by atoms with Gasteiger partial charge in [-0.2, -0.15) is 5.10 Å². The van der Waals surface area contributed by atoms with Crippen LogP contribution in [0.5, 0.6) is 5.75 Å². The van der Waals surface area contributed by atoms with Gasteiger partial charge in [0.2, 0.25) is 5.91 Å². The van der Waals surface area contributed by atoms with Crippen LogP contribution in [-0.4, -0.2) is 41.5 Å². The molecule has 2 saturated carbocycles. The van der Waals surface area contributed by atoms with Crippen molar-refractivity contribution in [2.75, 3.05) is 11.9 Å². The first kappa shape index (κ1) is 24.9. The number of hydrogen-bond acceptors (Lipinski definition) is 5. The van der Waals surface area contributed by atoms with E-state index < -0.39 is 14.1 Å². The zero-order valence-electron chi connectivity index (χ0n) is 21.2. The van der Waals surface area contributed by atoms with E-state index >= 15 is 0 Å². The van der Waals surface area contributed by atoms with Gasteiger partial charge in [0.1, 0.15) is 12.5 Å². The number of rotatable bonds is 11. The third-order valence-corrected chi connectivity index (χ3v) is 8.88. The van der Waals surface area contributed by atoms with Crippen molar-refractivity contribution in [3.63, 3.8) is 0 Å². The summed E-state index contributed by atoms with van der Waals surface area (Å²) >= 11 is 0. The number of nitrogens with one attached hydrogen (secondary N) is 1. The molecule has 2 fully saturated rings. The maximum absolute atomic E-state index is 12.8. The number of amides is 1. The van der Waals surface area contributed by atoms with E-state index in [1.165, 1.54) is 25.7 Å². The molecule has 34 heavy (non-hydrogen) atoms. The lowest BCUT2D eigenvalue weighted by molar-refractivity contribution is -0.118. The number of hydrogen-bond donors (Lipinski definition) is 3. The molecule has 8 heteroatoms. The summed E-state index contributed by atoms with van der Waals surface area (Å²) in [6.45, 7) is 12.0. The predicted molar refractivity (Wildman–Crippen MR) is 138 cm³/mol. The summed E-state index contributed by atoms with van der Waals surface area (Å²) in [7, 11) is -1.14. The van der Waals surface area contributed by atoms with Crippen LogP contribution in [0.2, 0.25) is 25.7 Å². The predicted octanol–water partition coefficient (Wildman–Crippen LogP) is 4.89. The number of aromatic hydroxyl groups is 1. The second kappa shape index (κ2) is 9.83. The molecule has 1 heterocycles. The lowest BCUT2D eigenvalue weighted by Crippen LogP contribution is -2.43. The van der Waals surface area contributed by atoms with Gasteiger partial charge < -0.3 is 20.9 Å². The Hall–Kier alpha value is -2.16. The Kier molecular flexibility index (Phi) is 7.21. The standard InChI is InChI=1S/C26H40N4O3Si/c1-16-23(17(2)30(29-16)15-33-12-13-34(3,4)5)21-11-10-20(14-22(21)31)28-26(32)25(27)24(18-6-7-18)19-8-9-19/h10-11,14,18-19,24-25,31H,6-9,12-13,15,27H2,1-5H3,(H,28,32)/t25-/m0/s1. The largest absolute Gasteiger partial charge is 0.507 e. The number of phenols is 1. The Bertz CT molecular complexity index is 1030. The van der Waals surface area contributed by atoms with Gasteiger partial charge in [0.25, 0.3) is 0 Å². The van der Waals surface area contributed by atoms with Gasteiger partial charge >= 0.3 is 0 Å². The number of aromatic nitrogens is 2. The number of benzene rings is 1. The first-order valence-electron chi connectivity index (χ1n) is 12.6. The van der Waals surface area contributed by atoms with E-state index in [1.807, 2.05) is 30.7 Å². The van der Waals surface area contributed by atoms with Crippen molar-refractivity contribution in [3.05, 3.63) is 29.6 Å². The number of carbonyl (C=O) groups excluding carboxylic acids is 1. The van der Waals surface area contributed by atoms with Crippen LogP contribution in [0.4, 0.5) is 5.69 Å². The van der Waals surface area contributed by atoms with Crippen LogP contribution >= 0.6 is 0 Å². The summed E-state index contributed by atoms with van der Waals surface area (Å²) in [6, 6.07) is 5.88. The third-order valence-electron chi connectivity index (χ3n) is 7.18. The van der Waals surface area contributed by atoms with Gasteiger partial charge in [-0.25, -0.2) is 4.68 Å². The summed E-state index contributed by atoms with van der Waals surface area (Å²) in [6.07, 6.45) is 4.75. The molecule has 4 N–H and O–H groups in total. The molecule has 0 bridgehead atoms. The van der Waals surface area contributed by atoms with Crippen molar-refractivity contribution < 1.29 is 14.6 Å². The second-order valence-corrected chi connectivity index (χ2v) is 17.0. The highest BCUT2D eigenvalue weighted by molar-refractivity contribution is 6.76. The smallest absolute Gasteiger partial charge is 0.241 e. The number of nitrogens with two attached hydrogens (primary N) is 1. The van der Waals surface area contributed by atoms with E-state index in [4.69, 9.17) is 10.5 Å². The molecular formula is C26H40N4O3Si. The SMILES string of the molecule is Cc1nn(COCC[Si](C)(C)C)c(C)c1-c1ccc(NC(=O)[C@@H](N)C(C2CC2)C2CC2)cc1O. The fourth-order valence-corrected chi connectivity index (χ4v) is 5.65. The molecule has 1 aromatic carbocycles. The Labute approximate surface area is 204 Å². The normalized spacial score (nSPS) is 17.3. The molecule has 2 aliphatic carbocycles. The van der Waals surface area contributed by atoms with E-state index in [9.17, 15) is 9.90 Å². The molecule has 4 rings (SSSR count). The minimum Gasteiger partial charge on any atom is -0.507 e. The molecule has 7 nitrogen and oxygen atoms in total. The Morgan fingerprint density at radius 1 is 1.24 bits per heavy atom. The van der Waals surface area contributed by atoms with Crippen molar-refractivity contribution in [3.8, 4) is 16.9 Å². The molecule has 2 aliphatic rings. The molecule has 1 atom stereocenters. The molecule has 1 amide bonds. The molecule has 0 radical (unpaired) electrons. The van der Waals surface area contributed by atoms with Crippen LogP contribution in [0.15, 0.2) is 18.2 Å². The Morgan fingerprint density at radius 3 is 2.44 bits per heavy atom. The van der Waals surface area contributed by atoms with E-state index in [0.717, 1.165) is 29.6 Å². The zero-order valence-corrected chi connectivity index (χ0v) is 22.2. The number of anilines is 1. The Morgan fingerprint density at radius 2 is 1.88 bits per heavy atom. The summed E-state index contributed by atoms with van der Waals surface area (Å²) in [5, 5.41) is 18.4. The molecule has 0 spiro atoms. The quantitative estimate of drug-likeness (QED) is 0.311. The van der Waals surface area contributed by atoms with Gasteiger partial charge in [0, 0.05) is 43.3 Å². The van der Waals surface area contributed by atoms with Crippen molar-refractivity contribution in [1.29, 1.82) is 0 Å². The number of aryl methyl sites for hydroxylation is 1. The van der Waals surface area contributed by atoms with E-state index in [-0.39, 0.29) is 17.6 Å². The fraction of sp³-hybridized carbons (Fsp3) is 0.615. The van der Waals surface area contributed by atoms with Crippen LogP contribution < -0.4 is 11.1 Å². The van der Waals surface area contributed by atoms with Crippen molar-refractivity contribution in [2.24, 2.45) is 23.5 Å². The average molecular weight is 485 g/mol. The van der Waals surface area contributed by atoms with Gasteiger partial charge in [-0.05, 0) is 75.5 Å². The van der Waals surface area contributed by atoms with Gasteiger partial charge in [0.05, 0.1) is 11.7 Å². The highest BCUT2D eigenvalue weighted by Gasteiger charge is 2.46. The second-order valence-electron chi connectivity index (χ2n) is 11.4. The van der Waals surface area contributed by atoms with Gasteiger partial charge in [-0.3, -0.25) is 4.79 Å². The summed E-state index contributed by atoms with van der Waals surface area (Å²) < 4.78 is 7.72. The lowest BCUT2D eigenvalue weighted by atomic mass is 9.89. The topological polar surface area (TPSA) is 102 Å². The third kappa shape index (κ3) is 5.90. The number of phenolic OH excluding ortho intramolecular Hbond substituents is 1. The summed E-state index contributed by atoms with van der Waals surface area (Å²) in [4.78, 5) is 12.8. The van der Waals surface area contributed by atoms with Crippen LogP contribution in [0, 0.1) is 31.6 Å². The van der Waals surface area contributed by atoms with E-state index in [0.29, 0.717) is 29.8 Å². The maximum atomic E-state index is 12.8. The monoisotopic (exact) mass is 484 g/mol. The zero-order chi connectivity index (χ0) is 24.6.